The van der Waals surface area contributed by atoms with E-state index in [1.54, 1.807) is 18.3 Å². The van der Waals surface area contributed by atoms with Crippen molar-refractivity contribution in [3.63, 3.8) is 0 Å². The summed E-state index contributed by atoms with van der Waals surface area (Å²) in [6.07, 6.45) is 5.05. The van der Waals surface area contributed by atoms with Crippen molar-refractivity contribution in [3.05, 3.63) is 115 Å². The highest BCUT2D eigenvalue weighted by Gasteiger charge is 2.18. The number of piperidine rings is 1. The van der Waals surface area contributed by atoms with Gasteiger partial charge in [-0.2, -0.15) is 5.10 Å². The molecule has 6 aromatic rings. The summed E-state index contributed by atoms with van der Waals surface area (Å²) in [7, 11) is 1.99. The second-order valence-corrected chi connectivity index (χ2v) is 11.3. The summed E-state index contributed by atoms with van der Waals surface area (Å²) in [6, 6.07) is 28.4. The third-order valence-electron chi connectivity index (χ3n) is 8.30. The predicted molar refractivity (Wildman–Crippen MR) is 174 cm³/mol. The van der Waals surface area contributed by atoms with Gasteiger partial charge in [0.05, 0.1) is 23.5 Å². The lowest BCUT2D eigenvalue weighted by Crippen LogP contribution is -2.35. The number of anilines is 3. The monoisotopic (exact) mass is 584 g/mol. The van der Waals surface area contributed by atoms with Crippen LogP contribution < -0.4 is 15.5 Å². The molecule has 1 aliphatic rings. The fourth-order valence-corrected chi connectivity index (χ4v) is 5.78. The van der Waals surface area contributed by atoms with Crippen molar-refractivity contribution in [1.82, 2.24) is 14.3 Å². The summed E-state index contributed by atoms with van der Waals surface area (Å²) in [6.45, 7) is 1.62. The zero-order chi connectivity index (χ0) is 30.2. The summed E-state index contributed by atoms with van der Waals surface area (Å²) >= 11 is 0. The smallest absolute Gasteiger partial charge is 0.255 e. The molecule has 1 saturated heterocycles. The molecule has 220 valence electrons. The Morgan fingerprint density at radius 2 is 1.30 bits per heavy atom. The van der Waals surface area contributed by atoms with Crippen molar-refractivity contribution in [2.45, 2.75) is 18.9 Å². The lowest BCUT2D eigenvalue weighted by atomic mass is 10.1. The van der Waals surface area contributed by atoms with Crippen molar-refractivity contribution < 1.29 is 14.7 Å². The van der Waals surface area contributed by atoms with Gasteiger partial charge in [-0.15, -0.1) is 0 Å². The lowest BCUT2D eigenvalue weighted by molar-refractivity contribution is 0.101. The number of nitrogens with one attached hydrogen (secondary N) is 2. The average molecular weight is 585 g/mol. The number of rotatable bonds is 6. The number of nitrogens with zero attached hydrogens (tertiary/aromatic N) is 4. The highest BCUT2D eigenvalue weighted by Crippen LogP contribution is 2.25. The Kier molecular flexibility index (Phi) is 7.07. The Hall–Kier alpha value is -5.41. The van der Waals surface area contributed by atoms with E-state index in [1.165, 1.54) is 0 Å². The topological polar surface area (TPSA) is 104 Å². The van der Waals surface area contributed by atoms with Crippen molar-refractivity contribution in [3.8, 4) is 5.69 Å². The van der Waals surface area contributed by atoms with Crippen LogP contribution >= 0.6 is 0 Å². The van der Waals surface area contributed by atoms with Gasteiger partial charge in [0.2, 0.25) is 0 Å². The second-order valence-electron chi connectivity index (χ2n) is 11.3. The molecule has 0 aliphatic carbocycles. The summed E-state index contributed by atoms with van der Waals surface area (Å²) in [5.74, 6) is -0.367. The molecule has 0 atom stereocenters. The molecule has 4 aromatic carbocycles. The Balaban J connectivity index is 1.01. The van der Waals surface area contributed by atoms with E-state index in [4.69, 9.17) is 0 Å². The zero-order valence-corrected chi connectivity index (χ0v) is 24.3. The van der Waals surface area contributed by atoms with E-state index in [2.05, 4.69) is 20.6 Å². The van der Waals surface area contributed by atoms with Crippen LogP contribution in [0.25, 0.3) is 27.5 Å². The standard InChI is InChI=1S/C35H32N6O3/c1-39-17-14-25-20-27(6-12-32(25)39)37-35(44)24-4-10-30(11-5-24)41-33-13-7-28(21-26(33)22-36-41)38-34(43)23-2-8-29(9-3-23)40-18-15-31(42)16-19-40/h2-14,17,20-22,31,42H,15-16,18-19H2,1H3,(H,37,44)(H,38,43). The fraction of sp³-hybridized carbons (Fsp3) is 0.171. The molecule has 2 amide bonds. The van der Waals surface area contributed by atoms with Crippen molar-refractivity contribution in [2.75, 3.05) is 28.6 Å². The van der Waals surface area contributed by atoms with Crippen molar-refractivity contribution >= 4 is 50.7 Å². The first-order valence-corrected chi connectivity index (χ1v) is 14.7. The third-order valence-corrected chi connectivity index (χ3v) is 8.30. The van der Waals surface area contributed by atoms with Crippen LogP contribution in [-0.4, -0.2) is 50.5 Å². The van der Waals surface area contributed by atoms with Gasteiger partial charge in [0.1, 0.15) is 0 Å². The van der Waals surface area contributed by atoms with Crippen LogP contribution in [-0.2, 0) is 7.05 Å². The van der Waals surface area contributed by atoms with Gasteiger partial charge in [-0.3, -0.25) is 9.59 Å². The van der Waals surface area contributed by atoms with Gasteiger partial charge in [-0.25, -0.2) is 4.68 Å². The van der Waals surface area contributed by atoms with Crippen LogP contribution in [0.4, 0.5) is 17.1 Å². The predicted octanol–water partition coefficient (Wildman–Crippen LogP) is 5.98. The number of carbonyl (C=O) groups excluding carboxylic acids is 2. The van der Waals surface area contributed by atoms with Crippen LogP contribution in [0.5, 0.6) is 0 Å². The average Bonchev–Trinajstić information content (AvgIpc) is 3.64. The Morgan fingerprint density at radius 1 is 0.727 bits per heavy atom. The van der Waals surface area contributed by atoms with E-state index < -0.39 is 0 Å². The summed E-state index contributed by atoms with van der Waals surface area (Å²) < 4.78 is 3.85. The molecule has 0 unspecified atom stereocenters. The molecule has 1 aliphatic heterocycles. The number of carbonyl (C=O) groups is 2. The Bertz CT molecular complexity index is 1980. The van der Waals surface area contributed by atoms with Crippen molar-refractivity contribution in [2.24, 2.45) is 7.05 Å². The molecule has 0 spiro atoms. The first kappa shape index (κ1) is 27.4. The minimum atomic E-state index is -0.221. The first-order valence-electron chi connectivity index (χ1n) is 14.7. The number of hydrogen-bond acceptors (Lipinski definition) is 5. The quantitative estimate of drug-likeness (QED) is 0.223. The van der Waals surface area contributed by atoms with E-state index in [0.29, 0.717) is 16.8 Å². The van der Waals surface area contributed by atoms with Gasteiger partial charge < -0.3 is 25.2 Å². The van der Waals surface area contributed by atoms with Crippen LogP contribution in [0.2, 0.25) is 0 Å². The summed E-state index contributed by atoms with van der Waals surface area (Å²) in [5.41, 5.74) is 6.41. The molecule has 9 heteroatoms. The number of amides is 2. The number of hydrogen-bond donors (Lipinski definition) is 3. The van der Waals surface area contributed by atoms with E-state index in [9.17, 15) is 14.7 Å². The molecule has 7 rings (SSSR count). The first-order chi connectivity index (χ1) is 21.4. The molecule has 2 aromatic heterocycles. The van der Waals surface area contributed by atoms with E-state index in [0.717, 1.165) is 64.8 Å². The molecule has 0 radical (unpaired) electrons. The molecular weight excluding hydrogens is 552 g/mol. The largest absolute Gasteiger partial charge is 0.393 e. The number of aromatic nitrogens is 3. The van der Waals surface area contributed by atoms with Gasteiger partial charge in [0.25, 0.3) is 11.8 Å². The molecule has 44 heavy (non-hydrogen) atoms. The Labute approximate surface area is 254 Å². The number of aliphatic hydroxyl groups excluding tert-OH is 1. The van der Waals surface area contributed by atoms with Crippen LogP contribution in [0, 0.1) is 0 Å². The summed E-state index contributed by atoms with van der Waals surface area (Å²) in [4.78, 5) is 28.1. The maximum Gasteiger partial charge on any atom is 0.255 e. The van der Waals surface area contributed by atoms with Crippen LogP contribution in [0.3, 0.4) is 0 Å². The van der Waals surface area contributed by atoms with Gasteiger partial charge in [-0.05, 0) is 104 Å². The fourth-order valence-electron chi connectivity index (χ4n) is 5.78. The van der Waals surface area contributed by atoms with E-state index in [-0.39, 0.29) is 17.9 Å². The molecule has 0 saturated carbocycles. The van der Waals surface area contributed by atoms with Crippen molar-refractivity contribution in [1.29, 1.82) is 0 Å². The SMILES string of the molecule is Cn1ccc2cc(NC(=O)c3ccc(-n4ncc5cc(NC(=O)c6ccc(N7CCC(O)CC7)cc6)ccc54)cc3)ccc21. The zero-order valence-electron chi connectivity index (χ0n) is 24.3. The van der Waals surface area contributed by atoms with Gasteiger partial charge in [0.15, 0.2) is 0 Å². The highest BCUT2D eigenvalue weighted by atomic mass is 16.3. The second kappa shape index (κ2) is 11.3. The number of aliphatic hydroxyl groups is 1. The molecular formula is C35H32N6O3. The van der Waals surface area contributed by atoms with Crippen LogP contribution in [0.1, 0.15) is 33.6 Å². The molecule has 0 bridgehead atoms. The van der Waals surface area contributed by atoms with Gasteiger partial charge in [0, 0.05) is 70.8 Å². The van der Waals surface area contributed by atoms with Gasteiger partial charge in [-0.1, -0.05) is 0 Å². The number of benzene rings is 4. The maximum atomic E-state index is 13.0. The number of aryl methyl sites for hydroxylation is 1. The van der Waals surface area contributed by atoms with E-state index >= 15 is 0 Å². The van der Waals surface area contributed by atoms with E-state index in [1.807, 2.05) is 101 Å². The van der Waals surface area contributed by atoms with Gasteiger partial charge >= 0.3 is 0 Å². The summed E-state index contributed by atoms with van der Waals surface area (Å²) in [5, 5.41) is 22.2. The minimum Gasteiger partial charge on any atom is -0.393 e. The van der Waals surface area contributed by atoms with Crippen LogP contribution in [0.15, 0.2) is 103 Å². The molecule has 9 nitrogen and oxygen atoms in total. The molecule has 3 N–H and O–H groups in total. The minimum absolute atomic E-state index is 0.182. The normalized spacial score (nSPS) is 13.8. The Morgan fingerprint density at radius 3 is 1.93 bits per heavy atom. The molecule has 3 heterocycles. The molecule has 1 fully saturated rings. The highest BCUT2D eigenvalue weighted by molar-refractivity contribution is 6.06. The lowest BCUT2D eigenvalue weighted by Gasteiger charge is -2.31. The third kappa shape index (κ3) is 5.41. The maximum absolute atomic E-state index is 13.0. The number of fused-ring (bicyclic) bond motifs is 2.